The van der Waals surface area contributed by atoms with Gasteiger partial charge in [0.25, 0.3) is 0 Å². The molecule has 2 rings (SSSR count). The van der Waals surface area contributed by atoms with E-state index in [-0.39, 0.29) is 11.9 Å². The second-order valence-corrected chi connectivity index (χ2v) is 4.24. The Morgan fingerprint density at radius 3 is 2.80 bits per heavy atom. The lowest BCUT2D eigenvalue weighted by molar-refractivity contribution is -0.390. The van der Waals surface area contributed by atoms with Crippen LogP contribution in [0.5, 0.6) is 0 Å². The third-order valence-electron chi connectivity index (χ3n) is 2.41. The van der Waals surface area contributed by atoms with Gasteiger partial charge in [-0.15, -0.1) is 0 Å². The van der Waals surface area contributed by atoms with Crippen molar-refractivity contribution in [3.63, 3.8) is 0 Å². The second kappa shape index (κ2) is 4.28. The minimum atomic E-state index is -0.486. The van der Waals surface area contributed by atoms with Gasteiger partial charge in [0.2, 0.25) is 0 Å². The van der Waals surface area contributed by atoms with Crippen molar-refractivity contribution in [1.29, 1.82) is 0 Å². The van der Waals surface area contributed by atoms with Crippen LogP contribution < -0.4 is 0 Å². The second-order valence-electron chi connectivity index (χ2n) is 3.38. The molecule has 1 fully saturated rings. The van der Waals surface area contributed by atoms with E-state index >= 15 is 0 Å². The van der Waals surface area contributed by atoms with Crippen LogP contribution in [0.1, 0.15) is 18.9 Å². The highest BCUT2D eigenvalue weighted by molar-refractivity contribution is 9.10. The highest BCUT2D eigenvalue weighted by atomic mass is 79.9. The number of halogens is 1. The summed E-state index contributed by atoms with van der Waals surface area (Å²) in [4.78, 5) is 10.1. The zero-order chi connectivity index (χ0) is 10.8. The Bertz CT molecular complexity index is 373. The summed E-state index contributed by atoms with van der Waals surface area (Å²) in [6.07, 6.45) is 3.37. The molecule has 6 nitrogen and oxygen atoms in total. The number of nitro groups is 1. The normalized spacial score (nSPS) is 17.9. The first-order valence-electron chi connectivity index (χ1n) is 4.65. The molecule has 0 N–H and O–H groups in total. The quantitative estimate of drug-likeness (QED) is 0.611. The largest absolute Gasteiger partial charge is 0.404 e. The molecule has 1 aromatic rings. The minimum Gasteiger partial charge on any atom is -0.381 e. The molecule has 0 spiro atoms. The van der Waals surface area contributed by atoms with Gasteiger partial charge in [-0.2, -0.15) is 4.68 Å². The summed E-state index contributed by atoms with van der Waals surface area (Å²) < 4.78 is 7.31. The van der Waals surface area contributed by atoms with Crippen molar-refractivity contribution in [3.8, 4) is 0 Å². The molecule has 2 heterocycles. The molecule has 0 atom stereocenters. The Hall–Kier alpha value is -0.950. The number of rotatable bonds is 2. The van der Waals surface area contributed by atoms with Gasteiger partial charge in [-0.3, -0.25) is 0 Å². The van der Waals surface area contributed by atoms with E-state index < -0.39 is 4.92 Å². The first-order chi connectivity index (χ1) is 7.18. The average Bonchev–Trinajstić information content (AvgIpc) is 2.62. The van der Waals surface area contributed by atoms with Crippen molar-refractivity contribution in [1.82, 2.24) is 9.78 Å². The van der Waals surface area contributed by atoms with E-state index in [9.17, 15) is 10.1 Å². The van der Waals surface area contributed by atoms with Crippen LogP contribution in [0.3, 0.4) is 0 Å². The zero-order valence-electron chi connectivity index (χ0n) is 7.93. The fourth-order valence-corrected chi connectivity index (χ4v) is 2.05. The number of hydrogen-bond donors (Lipinski definition) is 0. The molecule has 1 aliphatic heterocycles. The SMILES string of the molecule is O=[N+]([O-])c1nn(C2CCOCC2)cc1Br. The lowest BCUT2D eigenvalue weighted by Crippen LogP contribution is -2.19. The van der Waals surface area contributed by atoms with Crippen LogP contribution in [0.2, 0.25) is 0 Å². The Morgan fingerprint density at radius 2 is 2.27 bits per heavy atom. The van der Waals surface area contributed by atoms with Gasteiger partial charge in [0.15, 0.2) is 0 Å². The molecule has 15 heavy (non-hydrogen) atoms. The van der Waals surface area contributed by atoms with Crippen molar-refractivity contribution in [3.05, 3.63) is 20.8 Å². The van der Waals surface area contributed by atoms with Gasteiger partial charge in [0.1, 0.15) is 4.47 Å². The van der Waals surface area contributed by atoms with E-state index in [0.717, 1.165) is 12.8 Å². The summed E-state index contributed by atoms with van der Waals surface area (Å²) in [7, 11) is 0. The molecule has 0 bridgehead atoms. The molecule has 0 radical (unpaired) electrons. The third-order valence-corrected chi connectivity index (χ3v) is 2.97. The Labute approximate surface area is 94.5 Å². The number of nitrogens with zero attached hydrogens (tertiary/aromatic N) is 3. The Morgan fingerprint density at radius 1 is 1.60 bits per heavy atom. The van der Waals surface area contributed by atoms with Gasteiger partial charge >= 0.3 is 5.82 Å². The lowest BCUT2D eigenvalue weighted by Gasteiger charge is -2.19. The Kier molecular flexibility index (Phi) is 3.01. The van der Waals surface area contributed by atoms with E-state index in [1.54, 1.807) is 10.9 Å². The number of aromatic nitrogens is 2. The van der Waals surface area contributed by atoms with Gasteiger partial charge < -0.3 is 14.9 Å². The maximum absolute atomic E-state index is 10.6. The molecule has 0 amide bonds. The van der Waals surface area contributed by atoms with E-state index in [4.69, 9.17) is 4.74 Å². The number of ether oxygens (including phenoxy) is 1. The van der Waals surface area contributed by atoms with Crippen LogP contribution >= 0.6 is 15.9 Å². The fraction of sp³-hybridized carbons (Fsp3) is 0.625. The van der Waals surface area contributed by atoms with Crippen LogP contribution in [0.25, 0.3) is 0 Å². The van der Waals surface area contributed by atoms with E-state index in [1.165, 1.54) is 0 Å². The molecule has 0 unspecified atom stereocenters. The number of hydrogen-bond acceptors (Lipinski definition) is 4. The van der Waals surface area contributed by atoms with E-state index in [2.05, 4.69) is 21.0 Å². The monoisotopic (exact) mass is 275 g/mol. The summed E-state index contributed by atoms with van der Waals surface area (Å²) in [5.41, 5.74) is 0. The topological polar surface area (TPSA) is 70.2 Å². The third kappa shape index (κ3) is 2.18. The van der Waals surface area contributed by atoms with Crippen molar-refractivity contribution >= 4 is 21.7 Å². The van der Waals surface area contributed by atoms with Crippen molar-refractivity contribution < 1.29 is 9.66 Å². The average molecular weight is 276 g/mol. The van der Waals surface area contributed by atoms with Crippen molar-refractivity contribution in [2.75, 3.05) is 13.2 Å². The Balaban J connectivity index is 2.21. The van der Waals surface area contributed by atoms with Crippen LogP contribution in [-0.2, 0) is 4.74 Å². The predicted molar refractivity (Wildman–Crippen MR) is 55.7 cm³/mol. The minimum absolute atomic E-state index is 0.124. The molecular formula is C8H10BrN3O3. The predicted octanol–water partition coefficient (Wildman–Crippen LogP) is 1.91. The molecule has 7 heteroatoms. The van der Waals surface area contributed by atoms with Gasteiger partial charge in [-0.25, -0.2) is 0 Å². The van der Waals surface area contributed by atoms with Gasteiger partial charge in [-0.05, 0) is 33.7 Å². The highest BCUT2D eigenvalue weighted by Crippen LogP contribution is 2.27. The summed E-state index contributed by atoms with van der Waals surface area (Å²) in [5.74, 6) is -0.124. The molecule has 82 valence electrons. The highest BCUT2D eigenvalue weighted by Gasteiger charge is 2.24. The first kappa shape index (κ1) is 10.6. The smallest absolute Gasteiger partial charge is 0.381 e. The van der Waals surface area contributed by atoms with Crippen molar-refractivity contribution in [2.24, 2.45) is 0 Å². The van der Waals surface area contributed by atoms with Gasteiger partial charge in [0.05, 0.1) is 17.3 Å². The summed E-state index contributed by atoms with van der Waals surface area (Å²) >= 11 is 3.13. The van der Waals surface area contributed by atoms with Crippen LogP contribution in [0.4, 0.5) is 5.82 Å². The maximum Gasteiger partial charge on any atom is 0.404 e. The maximum atomic E-state index is 10.6. The molecule has 0 aliphatic carbocycles. The first-order valence-corrected chi connectivity index (χ1v) is 5.44. The van der Waals surface area contributed by atoms with E-state index in [0.29, 0.717) is 17.7 Å². The molecule has 0 saturated carbocycles. The standard InChI is InChI=1S/C8H10BrN3O3/c9-7-5-11(10-8(7)12(13)14)6-1-3-15-4-2-6/h5-6H,1-4H2. The summed E-state index contributed by atoms with van der Waals surface area (Å²) in [6, 6.07) is 0.212. The molecule has 1 aromatic heterocycles. The van der Waals surface area contributed by atoms with Crippen LogP contribution in [0, 0.1) is 10.1 Å². The van der Waals surface area contributed by atoms with Crippen LogP contribution in [0.15, 0.2) is 10.7 Å². The van der Waals surface area contributed by atoms with Gasteiger partial charge in [0, 0.05) is 13.2 Å². The lowest BCUT2D eigenvalue weighted by atomic mass is 10.1. The summed E-state index contributed by atoms with van der Waals surface area (Å²) in [5, 5.41) is 14.5. The zero-order valence-corrected chi connectivity index (χ0v) is 9.51. The molecular weight excluding hydrogens is 266 g/mol. The van der Waals surface area contributed by atoms with E-state index in [1.807, 2.05) is 0 Å². The molecule has 1 saturated heterocycles. The summed E-state index contributed by atoms with van der Waals surface area (Å²) in [6.45, 7) is 1.38. The molecule has 0 aromatic carbocycles. The van der Waals surface area contributed by atoms with Crippen molar-refractivity contribution in [2.45, 2.75) is 18.9 Å². The van der Waals surface area contributed by atoms with Gasteiger partial charge in [-0.1, -0.05) is 0 Å². The molecule has 1 aliphatic rings. The fourth-order valence-electron chi connectivity index (χ4n) is 1.62. The van der Waals surface area contributed by atoms with Crippen LogP contribution in [-0.4, -0.2) is 27.9 Å².